The molecule has 0 spiro atoms. The summed E-state index contributed by atoms with van der Waals surface area (Å²) in [5.74, 6) is 0.664. The van der Waals surface area contributed by atoms with Crippen molar-refractivity contribution in [3.63, 3.8) is 0 Å². The number of hydrogen-bond donors (Lipinski definition) is 1. The lowest BCUT2D eigenvalue weighted by Gasteiger charge is -2.23. The quantitative estimate of drug-likeness (QED) is 0.571. The van der Waals surface area contributed by atoms with Crippen LogP contribution in [-0.2, 0) is 4.74 Å². The lowest BCUT2D eigenvalue weighted by Crippen LogP contribution is -2.41. The summed E-state index contributed by atoms with van der Waals surface area (Å²) in [5, 5.41) is 4.07. The third-order valence-corrected chi connectivity index (χ3v) is 3.51. The molecule has 0 saturated carbocycles. The van der Waals surface area contributed by atoms with E-state index in [0.29, 0.717) is 18.6 Å². The number of methoxy groups -OCH3 is 1. The number of ether oxygens (including phenoxy) is 1. The minimum absolute atomic E-state index is 0.599. The van der Waals surface area contributed by atoms with Gasteiger partial charge in [-0.05, 0) is 32.2 Å². The normalized spacial score (nSPS) is 25.2. The van der Waals surface area contributed by atoms with Crippen LogP contribution in [0, 0.1) is 5.92 Å². The maximum absolute atomic E-state index is 5.36. The molecule has 1 aliphatic heterocycles. The summed E-state index contributed by atoms with van der Waals surface area (Å²) in [6.45, 7) is 5.82. The van der Waals surface area contributed by atoms with Gasteiger partial charge in [0, 0.05) is 32.8 Å². The number of likely N-dealkylation sites (tertiary alicyclic amines) is 1. The molecule has 1 fully saturated rings. The zero-order valence-corrected chi connectivity index (χ0v) is 11.5. The van der Waals surface area contributed by atoms with Gasteiger partial charge >= 0.3 is 0 Å². The number of rotatable bonds is 4. The first-order valence-electron chi connectivity index (χ1n) is 5.74. The summed E-state index contributed by atoms with van der Waals surface area (Å²) in [4.78, 5) is 4.53. The molecule has 1 saturated heterocycles. The molecule has 1 heterocycles. The van der Waals surface area contributed by atoms with Crippen LogP contribution in [0.4, 0.5) is 0 Å². The van der Waals surface area contributed by atoms with Crippen LogP contribution in [0.25, 0.3) is 0 Å². The summed E-state index contributed by atoms with van der Waals surface area (Å²) >= 11 is 5.36. The lowest BCUT2D eigenvalue weighted by atomic mass is 10.1. The second-order valence-corrected chi connectivity index (χ2v) is 5.02. The van der Waals surface area contributed by atoms with E-state index < -0.39 is 0 Å². The first-order chi connectivity index (χ1) is 7.56. The summed E-state index contributed by atoms with van der Waals surface area (Å²) < 4.78 is 4.99. The maximum Gasteiger partial charge on any atom is 0.169 e. The van der Waals surface area contributed by atoms with Gasteiger partial charge in [-0.15, -0.1) is 0 Å². The lowest BCUT2D eigenvalue weighted by molar-refractivity contribution is 0.203. The average molecular weight is 245 g/mol. The highest BCUT2D eigenvalue weighted by Gasteiger charge is 2.31. The van der Waals surface area contributed by atoms with Crippen LogP contribution < -0.4 is 5.32 Å². The van der Waals surface area contributed by atoms with Crippen LogP contribution in [-0.4, -0.2) is 68.4 Å². The van der Waals surface area contributed by atoms with Gasteiger partial charge in [0.1, 0.15) is 0 Å². The summed E-state index contributed by atoms with van der Waals surface area (Å²) in [6.07, 6.45) is 0. The molecular formula is C11H23N3OS. The maximum atomic E-state index is 5.36. The molecule has 2 atom stereocenters. The highest BCUT2D eigenvalue weighted by molar-refractivity contribution is 7.80. The van der Waals surface area contributed by atoms with Gasteiger partial charge in [0.15, 0.2) is 5.11 Å². The van der Waals surface area contributed by atoms with Crippen molar-refractivity contribution in [1.82, 2.24) is 15.1 Å². The van der Waals surface area contributed by atoms with E-state index in [1.54, 1.807) is 7.11 Å². The minimum atomic E-state index is 0.599. The van der Waals surface area contributed by atoms with Gasteiger partial charge in [0.25, 0.3) is 0 Å². The molecule has 94 valence electrons. The largest absolute Gasteiger partial charge is 0.383 e. The standard InChI is InChI=1S/C11H23N3OS/c1-9-7-14(8-10(9)13(2)3)11(16)12-5-6-15-4/h9-10H,5-8H2,1-4H3,(H,12,16). The van der Waals surface area contributed by atoms with E-state index in [9.17, 15) is 0 Å². The predicted molar refractivity (Wildman–Crippen MR) is 70.7 cm³/mol. The second-order valence-electron chi connectivity index (χ2n) is 4.64. The summed E-state index contributed by atoms with van der Waals surface area (Å²) in [5.41, 5.74) is 0. The van der Waals surface area contributed by atoms with Crippen LogP contribution in [0.3, 0.4) is 0 Å². The third-order valence-electron chi connectivity index (χ3n) is 3.11. The van der Waals surface area contributed by atoms with Crippen molar-refractivity contribution >= 4 is 17.3 Å². The van der Waals surface area contributed by atoms with Gasteiger partial charge < -0.3 is 19.9 Å². The van der Waals surface area contributed by atoms with Crippen molar-refractivity contribution in [2.45, 2.75) is 13.0 Å². The van der Waals surface area contributed by atoms with Gasteiger partial charge in [-0.1, -0.05) is 6.92 Å². The highest BCUT2D eigenvalue weighted by Crippen LogP contribution is 2.19. The van der Waals surface area contributed by atoms with E-state index in [2.05, 4.69) is 36.1 Å². The molecule has 1 N–H and O–H groups in total. The van der Waals surface area contributed by atoms with Crippen LogP contribution >= 0.6 is 12.2 Å². The zero-order valence-electron chi connectivity index (χ0n) is 10.7. The Morgan fingerprint density at radius 1 is 1.50 bits per heavy atom. The Morgan fingerprint density at radius 3 is 2.69 bits per heavy atom. The number of thiocarbonyl (C=S) groups is 1. The first kappa shape index (κ1) is 13.7. The van der Waals surface area contributed by atoms with Gasteiger partial charge in [-0.25, -0.2) is 0 Å². The van der Waals surface area contributed by atoms with Crippen molar-refractivity contribution in [2.75, 3.05) is 47.4 Å². The van der Waals surface area contributed by atoms with E-state index in [1.807, 2.05) is 0 Å². The molecule has 2 unspecified atom stereocenters. The minimum Gasteiger partial charge on any atom is -0.383 e. The van der Waals surface area contributed by atoms with Crippen molar-refractivity contribution in [3.05, 3.63) is 0 Å². The Hall–Kier alpha value is -0.390. The Kier molecular flexibility index (Phi) is 5.44. The number of likely N-dealkylation sites (N-methyl/N-ethyl adjacent to an activating group) is 1. The fourth-order valence-corrected chi connectivity index (χ4v) is 2.41. The fourth-order valence-electron chi connectivity index (χ4n) is 2.16. The second kappa shape index (κ2) is 6.37. The number of nitrogens with one attached hydrogen (secondary N) is 1. The molecule has 16 heavy (non-hydrogen) atoms. The predicted octanol–water partition coefficient (Wildman–Crippen LogP) is 0.389. The van der Waals surface area contributed by atoms with Gasteiger partial charge in [-0.2, -0.15) is 0 Å². The van der Waals surface area contributed by atoms with E-state index in [1.165, 1.54) is 0 Å². The van der Waals surface area contributed by atoms with Crippen LogP contribution in [0.15, 0.2) is 0 Å². The smallest absolute Gasteiger partial charge is 0.169 e. The zero-order chi connectivity index (χ0) is 12.1. The van der Waals surface area contributed by atoms with Crippen LogP contribution in [0.2, 0.25) is 0 Å². The topological polar surface area (TPSA) is 27.7 Å². The van der Waals surface area contributed by atoms with E-state index in [-0.39, 0.29) is 0 Å². The van der Waals surface area contributed by atoms with Crippen molar-refractivity contribution < 1.29 is 4.74 Å². The summed E-state index contributed by atoms with van der Waals surface area (Å²) in [7, 11) is 5.96. The number of hydrogen-bond acceptors (Lipinski definition) is 3. The molecule has 5 heteroatoms. The Labute approximate surface area is 104 Å². The van der Waals surface area contributed by atoms with Gasteiger partial charge in [-0.3, -0.25) is 0 Å². The molecule has 0 aromatic rings. The van der Waals surface area contributed by atoms with Crippen LogP contribution in [0.1, 0.15) is 6.92 Å². The van der Waals surface area contributed by atoms with E-state index in [4.69, 9.17) is 17.0 Å². The molecular weight excluding hydrogens is 222 g/mol. The monoisotopic (exact) mass is 245 g/mol. The first-order valence-corrected chi connectivity index (χ1v) is 6.15. The molecule has 0 bridgehead atoms. The summed E-state index contributed by atoms with van der Waals surface area (Å²) in [6, 6.07) is 0.599. The molecule has 0 aromatic carbocycles. The average Bonchev–Trinajstić information content (AvgIpc) is 2.60. The molecule has 4 nitrogen and oxygen atoms in total. The Balaban J connectivity index is 2.36. The highest BCUT2D eigenvalue weighted by atomic mass is 32.1. The molecule has 0 amide bonds. The third kappa shape index (κ3) is 3.57. The van der Waals surface area contributed by atoms with Crippen LogP contribution in [0.5, 0.6) is 0 Å². The Bertz CT molecular complexity index is 235. The Morgan fingerprint density at radius 2 is 2.19 bits per heavy atom. The van der Waals surface area contributed by atoms with Crippen molar-refractivity contribution in [2.24, 2.45) is 5.92 Å². The van der Waals surface area contributed by atoms with E-state index >= 15 is 0 Å². The SMILES string of the molecule is COCCNC(=S)N1CC(C)C(N(C)C)C1. The van der Waals surface area contributed by atoms with Crippen molar-refractivity contribution in [3.8, 4) is 0 Å². The number of nitrogens with zero attached hydrogens (tertiary/aromatic N) is 2. The van der Waals surface area contributed by atoms with Gasteiger partial charge in [0.2, 0.25) is 0 Å². The molecule has 1 rings (SSSR count). The van der Waals surface area contributed by atoms with Crippen molar-refractivity contribution in [1.29, 1.82) is 0 Å². The fraction of sp³-hybridized carbons (Fsp3) is 0.909. The molecule has 0 aliphatic carbocycles. The molecule has 1 aliphatic rings. The van der Waals surface area contributed by atoms with E-state index in [0.717, 1.165) is 24.7 Å². The molecule has 0 radical (unpaired) electrons. The van der Waals surface area contributed by atoms with Gasteiger partial charge in [0.05, 0.1) is 6.61 Å². The molecule has 0 aromatic heterocycles.